The van der Waals surface area contributed by atoms with Crippen LogP contribution < -0.4 is 16.6 Å². The van der Waals surface area contributed by atoms with E-state index in [2.05, 4.69) is 10.7 Å². The Bertz CT molecular complexity index is 172. The number of hydrogen-bond donors (Lipinski definition) is 3. The van der Waals surface area contributed by atoms with Gasteiger partial charge < -0.3 is 5.32 Å². The quantitative estimate of drug-likeness (QED) is 0.248. The second-order valence-corrected chi connectivity index (χ2v) is 3.65. The van der Waals surface area contributed by atoms with Crippen LogP contribution in [0.2, 0.25) is 0 Å². The molecule has 2 unspecified atom stereocenters. The molecule has 2 atom stereocenters. The Labute approximate surface area is 79.2 Å². The first-order valence-electron chi connectivity index (χ1n) is 4.97. The molecule has 4 nitrogen and oxygen atoms in total. The molecule has 0 aromatic heterocycles. The molecule has 1 amide bonds. The van der Waals surface area contributed by atoms with Crippen molar-refractivity contribution >= 4 is 5.91 Å². The van der Waals surface area contributed by atoms with Crippen LogP contribution in [0.25, 0.3) is 0 Å². The number of amides is 1. The molecule has 1 aliphatic rings. The number of nitrogens with one attached hydrogen (secondary N) is 2. The molecule has 0 saturated heterocycles. The minimum absolute atomic E-state index is 0.0266. The Morgan fingerprint density at radius 3 is 2.62 bits per heavy atom. The van der Waals surface area contributed by atoms with E-state index in [1.807, 2.05) is 7.05 Å². The van der Waals surface area contributed by atoms with Gasteiger partial charge in [0.25, 0.3) is 0 Å². The number of carbonyl (C=O) groups excluding carboxylic acids is 1. The van der Waals surface area contributed by atoms with Crippen molar-refractivity contribution in [2.24, 2.45) is 11.8 Å². The van der Waals surface area contributed by atoms with Crippen LogP contribution in [-0.2, 0) is 4.79 Å². The smallest absolute Gasteiger partial charge is 0.238 e. The summed E-state index contributed by atoms with van der Waals surface area (Å²) in [6, 6.07) is 0.297. The van der Waals surface area contributed by atoms with Crippen molar-refractivity contribution in [3.05, 3.63) is 0 Å². The molecule has 0 aliphatic heterocycles. The van der Waals surface area contributed by atoms with Gasteiger partial charge in [0.2, 0.25) is 5.91 Å². The Morgan fingerprint density at radius 1 is 1.31 bits per heavy atom. The highest BCUT2D eigenvalue weighted by Gasteiger charge is 2.27. The average molecular weight is 185 g/mol. The van der Waals surface area contributed by atoms with Crippen molar-refractivity contribution in [2.75, 3.05) is 7.05 Å². The van der Waals surface area contributed by atoms with Crippen molar-refractivity contribution in [1.29, 1.82) is 0 Å². The molecule has 76 valence electrons. The number of hydrazine groups is 1. The second-order valence-electron chi connectivity index (χ2n) is 3.65. The summed E-state index contributed by atoms with van der Waals surface area (Å²) < 4.78 is 0. The SMILES string of the molecule is CNC1CCCCCC1C(=O)NN. The Kier molecular flexibility index (Phi) is 4.18. The average Bonchev–Trinajstić information content (AvgIpc) is 2.41. The molecule has 13 heavy (non-hydrogen) atoms. The normalized spacial score (nSPS) is 29.4. The summed E-state index contributed by atoms with van der Waals surface area (Å²) in [4.78, 5) is 11.4. The minimum atomic E-state index is -0.0266. The summed E-state index contributed by atoms with van der Waals surface area (Å²) in [6.07, 6.45) is 5.60. The zero-order valence-corrected chi connectivity index (χ0v) is 8.18. The third-order valence-electron chi connectivity index (χ3n) is 2.87. The largest absolute Gasteiger partial charge is 0.316 e. The first-order valence-corrected chi connectivity index (χ1v) is 4.97. The highest BCUT2D eigenvalue weighted by Crippen LogP contribution is 2.23. The van der Waals surface area contributed by atoms with Gasteiger partial charge in [-0.05, 0) is 19.9 Å². The molecule has 0 aromatic carbocycles. The minimum Gasteiger partial charge on any atom is -0.316 e. The van der Waals surface area contributed by atoms with E-state index in [0.29, 0.717) is 6.04 Å². The van der Waals surface area contributed by atoms with E-state index < -0.39 is 0 Å². The molecule has 0 aromatic rings. The van der Waals surface area contributed by atoms with Crippen molar-refractivity contribution in [1.82, 2.24) is 10.7 Å². The summed E-state index contributed by atoms with van der Waals surface area (Å²) in [5.74, 6) is 5.17. The zero-order chi connectivity index (χ0) is 9.68. The molecule has 4 heteroatoms. The molecule has 4 N–H and O–H groups in total. The summed E-state index contributed by atoms with van der Waals surface area (Å²) in [7, 11) is 1.91. The number of hydrogen-bond acceptors (Lipinski definition) is 3. The van der Waals surface area contributed by atoms with Gasteiger partial charge in [-0.15, -0.1) is 0 Å². The van der Waals surface area contributed by atoms with Crippen LogP contribution in [0.5, 0.6) is 0 Å². The van der Waals surface area contributed by atoms with E-state index in [4.69, 9.17) is 5.84 Å². The Balaban J connectivity index is 2.58. The topological polar surface area (TPSA) is 67.2 Å². The molecule has 0 heterocycles. The number of rotatable bonds is 2. The number of nitrogens with two attached hydrogens (primary N) is 1. The lowest BCUT2D eigenvalue weighted by Gasteiger charge is -2.22. The van der Waals surface area contributed by atoms with Gasteiger partial charge >= 0.3 is 0 Å². The van der Waals surface area contributed by atoms with E-state index in [1.165, 1.54) is 12.8 Å². The van der Waals surface area contributed by atoms with Crippen molar-refractivity contribution in [3.8, 4) is 0 Å². The van der Waals surface area contributed by atoms with Gasteiger partial charge in [-0.3, -0.25) is 10.2 Å². The van der Waals surface area contributed by atoms with Crippen LogP contribution >= 0.6 is 0 Å². The van der Waals surface area contributed by atoms with Crippen LogP contribution in [0.4, 0.5) is 0 Å². The lowest BCUT2D eigenvalue weighted by Crippen LogP contribution is -2.45. The fourth-order valence-electron chi connectivity index (χ4n) is 2.07. The second kappa shape index (κ2) is 5.19. The highest BCUT2D eigenvalue weighted by molar-refractivity contribution is 5.78. The van der Waals surface area contributed by atoms with Gasteiger partial charge in [0, 0.05) is 6.04 Å². The third kappa shape index (κ3) is 2.67. The first kappa shape index (κ1) is 10.5. The van der Waals surface area contributed by atoms with Gasteiger partial charge in [0.15, 0.2) is 0 Å². The van der Waals surface area contributed by atoms with Crippen molar-refractivity contribution < 1.29 is 4.79 Å². The van der Waals surface area contributed by atoms with Gasteiger partial charge in [-0.25, -0.2) is 5.84 Å². The van der Waals surface area contributed by atoms with E-state index in [1.54, 1.807) is 0 Å². The summed E-state index contributed by atoms with van der Waals surface area (Å²) in [5.41, 5.74) is 2.25. The Morgan fingerprint density at radius 2 is 2.00 bits per heavy atom. The zero-order valence-electron chi connectivity index (χ0n) is 8.18. The standard InChI is InChI=1S/C9H19N3O/c1-11-8-6-4-2-3-5-7(8)9(13)12-10/h7-8,11H,2-6,10H2,1H3,(H,12,13). The maximum Gasteiger partial charge on any atom is 0.238 e. The fourth-order valence-corrected chi connectivity index (χ4v) is 2.07. The van der Waals surface area contributed by atoms with E-state index in [9.17, 15) is 4.79 Å². The molecule has 0 bridgehead atoms. The third-order valence-corrected chi connectivity index (χ3v) is 2.87. The molecule has 1 fully saturated rings. The van der Waals surface area contributed by atoms with Crippen molar-refractivity contribution in [2.45, 2.75) is 38.1 Å². The first-order chi connectivity index (χ1) is 6.29. The molecule has 0 spiro atoms. The van der Waals surface area contributed by atoms with Gasteiger partial charge in [0.05, 0.1) is 5.92 Å². The molecular formula is C9H19N3O. The fraction of sp³-hybridized carbons (Fsp3) is 0.889. The maximum absolute atomic E-state index is 11.4. The van der Waals surface area contributed by atoms with Crippen LogP contribution in [0.3, 0.4) is 0 Å². The molecule has 1 rings (SSSR count). The van der Waals surface area contributed by atoms with Gasteiger partial charge in [-0.1, -0.05) is 19.3 Å². The molecule has 1 aliphatic carbocycles. The molecule has 1 saturated carbocycles. The van der Waals surface area contributed by atoms with Crippen molar-refractivity contribution in [3.63, 3.8) is 0 Å². The lowest BCUT2D eigenvalue weighted by atomic mass is 9.94. The highest BCUT2D eigenvalue weighted by atomic mass is 16.2. The van der Waals surface area contributed by atoms with Gasteiger partial charge in [-0.2, -0.15) is 0 Å². The molecular weight excluding hydrogens is 166 g/mol. The predicted molar refractivity (Wildman–Crippen MR) is 51.8 cm³/mol. The van der Waals surface area contributed by atoms with Crippen LogP contribution in [0.15, 0.2) is 0 Å². The lowest BCUT2D eigenvalue weighted by molar-refractivity contribution is -0.126. The monoisotopic (exact) mass is 185 g/mol. The van der Waals surface area contributed by atoms with E-state index >= 15 is 0 Å². The summed E-state index contributed by atoms with van der Waals surface area (Å²) in [5, 5.41) is 3.19. The van der Waals surface area contributed by atoms with Crippen LogP contribution in [-0.4, -0.2) is 19.0 Å². The summed E-state index contributed by atoms with van der Waals surface area (Å²) >= 11 is 0. The van der Waals surface area contributed by atoms with E-state index in [0.717, 1.165) is 19.3 Å². The predicted octanol–water partition coefficient (Wildman–Crippen LogP) is 0.145. The molecule has 0 radical (unpaired) electrons. The number of carbonyl (C=O) groups is 1. The van der Waals surface area contributed by atoms with Crippen LogP contribution in [0.1, 0.15) is 32.1 Å². The van der Waals surface area contributed by atoms with Crippen LogP contribution in [0, 0.1) is 5.92 Å². The summed E-state index contributed by atoms with van der Waals surface area (Å²) in [6.45, 7) is 0. The Hall–Kier alpha value is -0.610. The maximum atomic E-state index is 11.4. The van der Waals surface area contributed by atoms with E-state index in [-0.39, 0.29) is 11.8 Å². The van der Waals surface area contributed by atoms with Gasteiger partial charge in [0.1, 0.15) is 0 Å².